The SMILES string of the molecule is CC(C)c1noc(Cl)c1C(=O)O. The van der Waals surface area contributed by atoms with Crippen LogP contribution in [0.25, 0.3) is 0 Å². The molecule has 0 bridgehead atoms. The summed E-state index contributed by atoms with van der Waals surface area (Å²) < 4.78 is 4.55. The summed E-state index contributed by atoms with van der Waals surface area (Å²) in [5.41, 5.74) is 0.346. The largest absolute Gasteiger partial charge is 0.477 e. The Morgan fingerprint density at radius 3 is 2.58 bits per heavy atom. The molecule has 0 aliphatic carbocycles. The summed E-state index contributed by atoms with van der Waals surface area (Å²) in [6.07, 6.45) is 0. The van der Waals surface area contributed by atoms with Crippen LogP contribution in [0.3, 0.4) is 0 Å². The maximum Gasteiger partial charge on any atom is 0.342 e. The third kappa shape index (κ3) is 1.43. The first-order chi connectivity index (χ1) is 5.54. The Balaban J connectivity index is 3.21. The van der Waals surface area contributed by atoms with E-state index in [2.05, 4.69) is 9.68 Å². The molecule has 0 aliphatic rings. The molecule has 66 valence electrons. The number of hydrogen-bond acceptors (Lipinski definition) is 3. The fourth-order valence-corrected chi connectivity index (χ4v) is 1.08. The van der Waals surface area contributed by atoms with Crippen molar-refractivity contribution < 1.29 is 14.4 Å². The van der Waals surface area contributed by atoms with Gasteiger partial charge in [0, 0.05) is 0 Å². The molecule has 0 fully saturated rings. The topological polar surface area (TPSA) is 63.3 Å². The van der Waals surface area contributed by atoms with E-state index in [4.69, 9.17) is 16.7 Å². The van der Waals surface area contributed by atoms with Gasteiger partial charge in [-0.25, -0.2) is 4.79 Å². The minimum Gasteiger partial charge on any atom is -0.477 e. The predicted molar refractivity (Wildman–Crippen MR) is 42.6 cm³/mol. The molecule has 1 aromatic rings. The van der Waals surface area contributed by atoms with Gasteiger partial charge in [0.05, 0.1) is 0 Å². The molecule has 0 saturated carbocycles. The summed E-state index contributed by atoms with van der Waals surface area (Å²) in [5.74, 6) is -1.11. The van der Waals surface area contributed by atoms with Gasteiger partial charge in [0.15, 0.2) is 0 Å². The molecule has 0 saturated heterocycles. The maximum atomic E-state index is 10.6. The van der Waals surface area contributed by atoms with Crippen molar-refractivity contribution in [1.29, 1.82) is 0 Å². The van der Waals surface area contributed by atoms with E-state index in [9.17, 15) is 4.79 Å². The molecule has 0 spiro atoms. The van der Waals surface area contributed by atoms with Crippen LogP contribution >= 0.6 is 11.6 Å². The molecule has 0 radical (unpaired) electrons. The van der Waals surface area contributed by atoms with E-state index in [1.165, 1.54) is 0 Å². The maximum absolute atomic E-state index is 10.6. The number of carboxylic acids is 1. The van der Waals surface area contributed by atoms with Gasteiger partial charge in [-0.15, -0.1) is 0 Å². The molecule has 1 heterocycles. The molecule has 5 heteroatoms. The van der Waals surface area contributed by atoms with Gasteiger partial charge in [-0.2, -0.15) is 0 Å². The van der Waals surface area contributed by atoms with Gasteiger partial charge in [-0.1, -0.05) is 19.0 Å². The standard InChI is InChI=1S/C7H8ClNO3/c1-3(2)5-4(7(10)11)6(8)12-9-5/h3H,1-2H3,(H,10,11). The molecule has 4 nitrogen and oxygen atoms in total. The minimum absolute atomic E-state index is 0.00708. The van der Waals surface area contributed by atoms with Crippen molar-refractivity contribution in [3.8, 4) is 0 Å². The highest BCUT2D eigenvalue weighted by Crippen LogP contribution is 2.25. The zero-order chi connectivity index (χ0) is 9.30. The van der Waals surface area contributed by atoms with Crippen molar-refractivity contribution in [2.45, 2.75) is 19.8 Å². The van der Waals surface area contributed by atoms with E-state index < -0.39 is 5.97 Å². The van der Waals surface area contributed by atoms with E-state index in [0.717, 1.165) is 0 Å². The molecule has 0 amide bonds. The number of aromatic carboxylic acids is 1. The summed E-state index contributed by atoms with van der Waals surface area (Å²) in [5, 5.41) is 12.1. The van der Waals surface area contributed by atoms with Gasteiger partial charge >= 0.3 is 5.97 Å². The Labute approximate surface area is 74.1 Å². The number of carboxylic acid groups (broad SMARTS) is 1. The number of hydrogen-bond donors (Lipinski definition) is 1. The molecule has 0 atom stereocenters. The fourth-order valence-electron chi connectivity index (χ4n) is 0.869. The minimum atomic E-state index is -1.11. The van der Waals surface area contributed by atoms with E-state index in [1.54, 1.807) is 0 Å². The van der Waals surface area contributed by atoms with Crippen molar-refractivity contribution in [2.24, 2.45) is 0 Å². The third-order valence-electron chi connectivity index (χ3n) is 1.44. The number of carbonyl (C=O) groups is 1. The first-order valence-electron chi connectivity index (χ1n) is 3.42. The average Bonchev–Trinajstić information content (AvgIpc) is 2.30. The number of halogens is 1. The molecule has 1 aromatic heterocycles. The summed E-state index contributed by atoms with van der Waals surface area (Å²) in [6.45, 7) is 3.64. The van der Waals surface area contributed by atoms with Gasteiger partial charge in [0.25, 0.3) is 0 Å². The first kappa shape index (κ1) is 9.06. The lowest BCUT2D eigenvalue weighted by atomic mass is 10.1. The summed E-state index contributed by atoms with van der Waals surface area (Å²) in [4.78, 5) is 10.6. The highest BCUT2D eigenvalue weighted by Gasteiger charge is 2.22. The first-order valence-corrected chi connectivity index (χ1v) is 3.80. The zero-order valence-corrected chi connectivity index (χ0v) is 7.42. The second-order valence-electron chi connectivity index (χ2n) is 2.68. The predicted octanol–water partition coefficient (Wildman–Crippen LogP) is 2.15. The Bertz CT molecular complexity index is 306. The van der Waals surface area contributed by atoms with Crippen LogP contribution in [0.2, 0.25) is 5.22 Å². The van der Waals surface area contributed by atoms with Crippen LogP contribution < -0.4 is 0 Å². The Hall–Kier alpha value is -1.03. The van der Waals surface area contributed by atoms with E-state index in [1.807, 2.05) is 13.8 Å². The zero-order valence-electron chi connectivity index (χ0n) is 6.67. The summed E-state index contributed by atoms with van der Waals surface area (Å²) in [6, 6.07) is 0. The fraction of sp³-hybridized carbons (Fsp3) is 0.429. The molecule has 0 unspecified atom stereocenters. The Kier molecular flexibility index (Phi) is 2.38. The van der Waals surface area contributed by atoms with E-state index in [0.29, 0.717) is 5.69 Å². The molecule has 0 aromatic carbocycles. The lowest BCUT2D eigenvalue weighted by Gasteiger charge is -1.98. The van der Waals surface area contributed by atoms with Crippen molar-refractivity contribution >= 4 is 17.6 Å². The van der Waals surface area contributed by atoms with Crippen molar-refractivity contribution in [3.05, 3.63) is 16.5 Å². The van der Waals surface area contributed by atoms with Crippen LogP contribution in [-0.4, -0.2) is 16.2 Å². The van der Waals surface area contributed by atoms with Crippen molar-refractivity contribution in [2.75, 3.05) is 0 Å². The van der Waals surface area contributed by atoms with Gasteiger partial charge in [-0.3, -0.25) is 0 Å². The third-order valence-corrected chi connectivity index (χ3v) is 1.70. The lowest BCUT2D eigenvalue weighted by Crippen LogP contribution is -2.01. The van der Waals surface area contributed by atoms with Gasteiger partial charge in [0.2, 0.25) is 5.22 Å². The van der Waals surface area contributed by atoms with Crippen LogP contribution in [0.4, 0.5) is 0 Å². The molecular formula is C7H8ClNO3. The second kappa shape index (κ2) is 3.15. The lowest BCUT2D eigenvalue weighted by molar-refractivity contribution is 0.0695. The normalized spacial score (nSPS) is 10.7. The van der Waals surface area contributed by atoms with Crippen molar-refractivity contribution in [1.82, 2.24) is 5.16 Å². The number of rotatable bonds is 2. The monoisotopic (exact) mass is 189 g/mol. The van der Waals surface area contributed by atoms with Crippen LogP contribution in [0, 0.1) is 0 Å². The average molecular weight is 190 g/mol. The molecule has 12 heavy (non-hydrogen) atoms. The quantitative estimate of drug-likeness (QED) is 0.774. The second-order valence-corrected chi connectivity index (χ2v) is 3.02. The Morgan fingerprint density at radius 1 is 1.67 bits per heavy atom. The Morgan fingerprint density at radius 2 is 2.25 bits per heavy atom. The van der Waals surface area contributed by atoms with Crippen molar-refractivity contribution in [3.63, 3.8) is 0 Å². The van der Waals surface area contributed by atoms with Crippen LogP contribution in [0.1, 0.15) is 35.8 Å². The van der Waals surface area contributed by atoms with E-state index >= 15 is 0 Å². The van der Waals surface area contributed by atoms with E-state index in [-0.39, 0.29) is 16.7 Å². The molecular weight excluding hydrogens is 182 g/mol. The van der Waals surface area contributed by atoms with Crippen LogP contribution in [0.5, 0.6) is 0 Å². The highest BCUT2D eigenvalue weighted by molar-refractivity contribution is 6.31. The molecule has 1 N–H and O–H groups in total. The summed E-state index contributed by atoms with van der Waals surface area (Å²) in [7, 11) is 0. The summed E-state index contributed by atoms with van der Waals surface area (Å²) >= 11 is 5.47. The number of nitrogens with zero attached hydrogens (tertiary/aromatic N) is 1. The smallest absolute Gasteiger partial charge is 0.342 e. The molecule has 1 rings (SSSR count). The van der Waals surface area contributed by atoms with Gasteiger partial charge in [0.1, 0.15) is 11.3 Å². The number of aromatic nitrogens is 1. The highest BCUT2D eigenvalue weighted by atomic mass is 35.5. The van der Waals surface area contributed by atoms with Gasteiger partial charge < -0.3 is 9.63 Å². The van der Waals surface area contributed by atoms with Gasteiger partial charge in [-0.05, 0) is 17.5 Å². The molecule has 0 aliphatic heterocycles. The van der Waals surface area contributed by atoms with Crippen LogP contribution in [-0.2, 0) is 0 Å². The van der Waals surface area contributed by atoms with Crippen LogP contribution in [0.15, 0.2) is 4.52 Å².